The summed E-state index contributed by atoms with van der Waals surface area (Å²) in [6.07, 6.45) is 6.45. The SMILES string of the molecule is CCCC1CCN(CCC(N)CC(C)(C)C)C1. The van der Waals surface area contributed by atoms with Crippen LogP contribution in [0, 0.1) is 11.3 Å². The van der Waals surface area contributed by atoms with Crippen molar-refractivity contribution in [2.45, 2.75) is 65.8 Å². The Hall–Kier alpha value is -0.0800. The van der Waals surface area contributed by atoms with Gasteiger partial charge < -0.3 is 10.6 Å². The van der Waals surface area contributed by atoms with Gasteiger partial charge in [0.05, 0.1) is 0 Å². The van der Waals surface area contributed by atoms with E-state index in [1.165, 1.54) is 38.9 Å². The number of hydrogen-bond acceptors (Lipinski definition) is 2. The number of nitrogens with zero attached hydrogens (tertiary/aromatic N) is 1. The maximum absolute atomic E-state index is 6.20. The first-order valence-corrected chi connectivity index (χ1v) is 7.38. The molecule has 0 aliphatic carbocycles. The van der Waals surface area contributed by atoms with Gasteiger partial charge in [-0.2, -0.15) is 0 Å². The third-order valence-corrected chi connectivity index (χ3v) is 3.76. The Morgan fingerprint density at radius 2 is 2.06 bits per heavy atom. The zero-order chi connectivity index (χ0) is 12.9. The standard InChI is InChI=1S/C15H32N2/c1-5-6-13-7-9-17(12-13)10-8-14(16)11-15(2,3)4/h13-14H,5-12,16H2,1-4H3. The van der Waals surface area contributed by atoms with Gasteiger partial charge in [0, 0.05) is 12.6 Å². The molecule has 0 spiro atoms. The van der Waals surface area contributed by atoms with Crippen LogP contribution >= 0.6 is 0 Å². The lowest BCUT2D eigenvalue weighted by atomic mass is 9.87. The van der Waals surface area contributed by atoms with E-state index in [2.05, 4.69) is 32.6 Å². The Morgan fingerprint density at radius 3 is 2.65 bits per heavy atom. The van der Waals surface area contributed by atoms with Gasteiger partial charge in [-0.25, -0.2) is 0 Å². The summed E-state index contributed by atoms with van der Waals surface area (Å²) in [5.41, 5.74) is 6.57. The van der Waals surface area contributed by atoms with Gasteiger partial charge in [-0.05, 0) is 50.1 Å². The van der Waals surface area contributed by atoms with E-state index >= 15 is 0 Å². The molecule has 2 N–H and O–H groups in total. The minimum atomic E-state index is 0.370. The Morgan fingerprint density at radius 1 is 1.35 bits per heavy atom. The van der Waals surface area contributed by atoms with Crippen LogP contribution in [0.2, 0.25) is 0 Å². The van der Waals surface area contributed by atoms with Gasteiger partial charge in [-0.15, -0.1) is 0 Å². The summed E-state index contributed by atoms with van der Waals surface area (Å²) < 4.78 is 0. The third-order valence-electron chi connectivity index (χ3n) is 3.76. The minimum absolute atomic E-state index is 0.370. The molecule has 1 aliphatic rings. The van der Waals surface area contributed by atoms with Gasteiger partial charge in [-0.1, -0.05) is 34.1 Å². The van der Waals surface area contributed by atoms with E-state index in [-0.39, 0.29) is 0 Å². The molecule has 0 saturated carbocycles. The van der Waals surface area contributed by atoms with E-state index in [1.54, 1.807) is 0 Å². The number of hydrogen-bond donors (Lipinski definition) is 1. The van der Waals surface area contributed by atoms with Crippen molar-refractivity contribution >= 4 is 0 Å². The molecule has 2 unspecified atom stereocenters. The smallest absolute Gasteiger partial charge is 0.00559 e. The van der Waals surface area contributed by atoms with E-state index in [0.717, 1.165) is 18.8 Å². The molecule has 1 fully saturated rings. The van der Waals surface area contributed by atoms with Gasteiger partial charge in [0.1, 0.15) is 0 Å². The van der Waals surface area contributed by atoms with Crippen LogP contribution in [0.5, 0.6) is 0 Å². The molecule has 2 atom stereocenters. The maximum Gasteiger partial charge on any atom is 0.00559 e. The van der Waals surface area contributed by atoms with E-state index in [4.69, 9.17) is 5.73 Å². The van der Waals surface area contributed by atoms with Crippen LogP contribution in [0.4, 0.5) is 0 Å². The highest BCUT2D eigenvalue weighted by Gasteiger charge is 2.22. The largest absolute Gasteiger partial charge is 0.328 e. The minimum Gasteiger partial charge on any atom is -0.328 e. The summed E-state index contributed by atoms with van der Waals surface area (Å²) in [5, 5.41) is 0. The monoisotopic (exact) mass is 240 g/mol. The van der Waals surface area contributed by atoms with Crippen molar-refractivity contribution in [3.63, 3.8) is 0 Å². The Balaban J connectivity index is 2.15. The molecule has 0 bridgehead atoms. The Kier molecular flexibility index (Phi) is 5.94. The number of rotatable bonds is 6. The van der Waals surface area contributed by atoms with E-state index in [0.29, 0.717) is 11.5 Å². The highest BCUT2D eigenvalue weighted by atomic mass is 15.1. The predicted molar refractivity (Wildman–Crippen MR) is 76.1 cm³/mol. The second-order valence-electron chi connectivity index (χ2n) is 7.06. The average molecular weight is 240 g/mol. The second kappa shape index (κ2) is 6.75. The van der Waals surface area contributed by atoms with Gasteiger partial charge in [-0.3, -0.25) is 0 Å². The molecule has 0 amide bonds. The van der Waals surface area contributed by atoms with E-state index < -0.39 is 0 Å². The Bertz CT molecular complexity index is 207. The fraction of sp³-hybridized carbons (Fsp3) is 1.00. The molecule has 1 aliphatic heterocycles. The van der Waals surface area contributed by atoms with Crippen molar-refractivity contribution in [1.82, 2.24) is 4.90 Å². The lowest BCUT2D eigenvalue weighted by Gasteiger charge is -2.25. The zero-order valence-corrected chi connectivity index (χ0v) is 12.3. The van der Waals surface area contributed by atoms with Crippen molar-refractivity contribution < 1.29 is 0 Å². The van der Waals surface area contributed by atoms with Crippen LogP contribution < -0.4 is 5.73 Å². The van der Waals surface area contributed by atoms with Crippen LogP contribution in [0.1, 0.15) is 59.8 Å². The topological polar surface area (TPSA) is 29.3 Å². The Labute approximate surface area is 108 Å². The first-order valence-electron chi connectivity index (χ1n) is 7.38. The summed E-state index contributed by atoms with van der Waals surface area (Å²) in [6, 6.07) is 0.375. The van der Waals surface area contributed by atoms with Crippen LogP contribution in [-0.4, -0.2) is 30.6 Å². The molecule has 0 aromatic rings. The molecule has 2 nitrogen and oxygen atoms in total. The second-order valence-corrected chi connectivity index (χ2v) is 7.06. The molecule has 0 radical (unpaired) electrons. The lowest BCUT2D eigenvalue weighted by Crippen LogP contribution is -2.32. The molecule has 0 aromatic heterocycles. The third kappa shape index (κ3) is 6.42. The summed E-state index contributed by atoms with van der Waals surface area (Å²) >= 11 is 0. The van der Waals surface area contributed by atoms with Gasteiger partial charge in [0.25, 0.3) is 0 Å². The quantitative estimate of drug-likeness (QED) is 0.772. The summed E-state index contributed by atoms with van der Waals surface area (Å²) in [4.78, 5) is 2.61. The predicted octanol–water partition coefficient (Wildman–Crippen LogP) is 3.26. The number of likely N-dealkylation sites (tertiary alicyclic amines) is 1. The van der Waals surface area contributed by atoms with Crippen molar-refractivity contribution in [2.75, 3.05) is 19.6 Å². The van der Waals surface area contributed by atoms with Crippen LogP contribution in [0.15, 0.2) is 0 Å². The van der Waals surface area contributed by atoms with Crippen molar-refractivity contribution in [1.29, 1.82) is 0 Å². The van der Waals surface area contributed by atoms with Crippen LogP contribution in [0.3, 0.4) is 0 Å². The molecule has 102 valence electrons. The molecule has 0 aromatic carbocycles. The molecule has 1 heterocycles. The fourth-order valence-corrected chi connectivity index (χ4v) is 3.00. The zero-order valence-electron chi connectivity index (χ0n) is 12.3. The van der Waals surface area contributed by atoms with E-state index in [1.807, 2.05) is 0 Å². The molecule has 1 saturated heterocycles. The fourth-order valence-electron chi connectivity index (χ4n) is 3.00. The van der Waals surface area contributed by atoms with Crippen molar-refractivity contribution in [2.24, 2.45) is 17.1 Å². The maximum atomic E-state index is 6.20. The van der Waals surface area contributed by atoms with Crippen LogP contribution in [0.25, 0.3) is 0 Å². The highest BCUT2D eigenvalue weighted by molar-refractivity contribution is 4.78. The first-order chi connectivity index (χ1) is 7.90. The summed E-state index contributed by atoms with van der Waals surface area (Å²) in [6.45, 7) is 12.9. The highest BCUT2D eigenvalue weighted by Crippen LogP contribution is 2.23. The molecule has 17 heavy (non-hydrogen) atoms. The van der Waals surface area contributed by atoms with E-state index in [9.17, 15) is 0 Å². The molecular formula is C15H32N2. The van der Waals surface area contributed by atoms with Gasteiger partial charge >= 0.3 is 0 Å². The molecule has 2 heteroatoms. The number of nitrogens with two attached hydrogens (primary N) is 1. The normalized spacial score (nSPS) is 24.2. The van der Waals surface area contributed by atoms with Crippen LogP contribution in [-0.2, 0) is 0 Å². The van der Waals surface area contributed by atoms with Crippen molar-refractivity contribution in [3.8, 4) is 0 Å². The average Bonchev–Trinajstić information content (AvgIpc) is 2.61. The molecular weight excluding hydrogens is 208 g/mol. The van der Waals surface area contributed by atoms with Crippen molar-refractivity contribution in [3.05, 3.63) is 0 Å². The van der Waals surface area contributed by atoms with Gasteiger partial charge in [0.2, 0.25) is 0 Å². The summed E-state index contributed by atoms with van der Waals surface area (Å²) in [7, 11) is 0. The van der Waals surface area contributed by atoms with Gasteiger partial charge in [0.15, 0.2) is 0 Å². The summed E-state index contributed by atoms with van der Waals surface area (Å²) in [5.74, 6) is 0.957. The molecule has 1 rings (SSSR count). The lowest BCUT2D eigenvalue weighted by molar-refractivity contribution is 0.276. The first kappa shape index (κ1) is 15.0.